The summed E-state index contributed by atoms with van der Waals surface area (Å²) in [5, 5.41) is 0. The minimum Gasteiger partial charge on any atom is -0.468 e. The summed E-state index contributed by atoms with van der Waals surface area (Å²) in [6.45, 7) is 3.17. The highest BCUT2D eigenvalue weighted by atomic mass is 16.5. The Morgan fingerprint density at radius 3 is 2.94 bits per heavy atom. The van der Waals surface area contributed by atoms with Gasteiger partial charge in [-0.1, -0.05) is 6.42 Å². The molecular weight excluding hydrogens is 230 g/mol. The van der Waals surface area contributed by atoms with Crippen LogP contribution >= 0.6 is 0 Å². The molecule has 4 heteroatoms. The van der Waals surface area contributed by atoms with Gasteiger partial charge in [0.15, 0.2) is 0 Å². The van der Waals surface area contributed by atoms with Crippen LogP contribution < -0.4 is 0 Å². The maximum atomic E-state index is 11.8. The molecule has 102 valence electrons. The van der Waals surface area contributed by atoms with Gasteiger partial charge in [0.25, 0.3) is 0 Å². The number of rotatable bonds is 3. The average Bonchev–Trinajstić information content (AvgIpc) is 3.01. The van der Waals surface area contributed by atoms with E-state index in [2.05, 4.69) is 4.90 Å². The van der Waals surface area contributed by atoms with E-state index in [0.29, 0.717) is 6.61 Å². The standard InChI is InChI=1S/C14H23NO3/c1-17-14(16)13-9-18-5-4-15(13)8-12-7-10-2-3-11(12)6-10/h10-13H,2-9H2,1H3. The van der Waals surface area contributed by atoms with Crippen molar-refractivity contribution in [2.75, 3.05) is 33.4 Å². The number of carbonyl (C=O) groups excluding carboxylic acids is 1. The lowest BCUT2D eigenvalue weighted by Gasteiger charge is -2.37. The number of esters is 1. The van der Waals surface area contributed by atoms with Gasteiger partial charge in [-0.05, 0) is 37.0 Å². The molecule has 1 saturated heterocycles. The zero-order valence-electron chi connectivity index (χ0n) is 11.1. The summed E-state index contributed by atoms with van der Waals surface area (Å²) in [5.74, 6) is 2.54. The number of morpholine rings is 1. The third-order valence-corrected chi connectivity index (χ3v) is 5.07. The highest BCUT2D eigenvalue weighted by Gasteiger charge is 2.41. The van der Waals surface area contributed by atoms with Crippen LogP contribution in [0.4, 0.5) is 0 Å². The smallest absolute Gasteiger partial charge is 0.325 e. The summed E-state index contributed by atoms with van der Waals surface area (Å²) < 4.78 is 10.3. The molecule has 2 aliphatic carbocycles. The van der Waals surface area contributed by atoms with Crippen molar-refractivity contribution in [2.24, 2.45) is 17.8 Å². The van der Waals surface area contributed by atoms with Crippen LogP contribution in [0, 0.1) is 17.8 Å². The summed E-state index contributed by atoms with van der Waals surface area (Å²) in [6, 6.07) is -0.178. The molecule has 0 N–H and O–H groups in total. The van der Waals surface area contributed by atoms with Gasteiger partial charge in [-0.25, -0.2) is 0 Å². The molecule has 1 heterocycles. The van der Waals surface area contributed by atoms with Crippen LogP contribution in [0.5, 0.6) is 0 Å². The monoisotopic (exact) mass is 253 g/mol. The van der Waals surface area contributed by atoms with Crippen LogP contribution in [0.25, 0.3) is 0 Å². The van der Waals surface area contributed by atoms with Gasteiger partial charge in [-0.3, -0.25) is 9.69 Å². The molecule has 0 aromatic heterocycles. The zero-order valence-corrected chi connectivity index (χ0v) is 11.1. The van der Waals surface area contributed by atoms with Gasteiger partial charge in [-0.15, -0.1) is 0 Å². The fraction of sp³-hybridized carbons (Fsp3) is 0.929. The van der Waals surface area contributed by atoms with Crippen molar-refractivity contribution in [1.82, 2.24) is 4.90 Å². The lowest BCUT2D eigenvalue weighted by atomic mass is 9.88. The van der Waals surface area contributed by atoms with E-state index in [0.717, 1.165) is 37.5 Å². The SMILES string of the molecule is COC(=O)C1COCCN1CC1CC2CCC1C2. The molecule has 0 aromatic carbocycles. The molecule has 18 heavy (non-hydrogen) atoms. The van der Waals surface area contributed by atoms with Crippen LogP contribution in [-0.2, 0) is 14.3 Å². The molecule has 4 atom stereocenters. The van der Waals surface area contributed by atoms with Crippen molar-refractivity contribution in [3.8, 4) is 0 Å². The minimum absolute atomic E-state index is 0.141. The average molecular weight is 253 g/mol. The number of hydrogen-bond acceptors (Lipinski definition) is 4. The van der Waals surface area contributed by atoms with Gasteiger partial charge in [0.05, 0.1) is 20.3 Å². The van der Waals surface area contributed by atoms with Gasteiger partial charge in [0, 0.05) is 13.1 Å². The first-order valence-corrected chi connectivity index (χ1v) is 7.17. The van der Waals surface area contributed by atoms with Crippen LogP contribution in [0.15, 0.2) is 0 Å². The first-order chi connectivity index (χ1) is 8.78. The Bertz CT molecular complexity index is 320. The van der Waals surface area contributed by atoms with Crippen molar-refractivity contribution >= 4 is 5.97 Å². The summed E-state index contributed by atoms with van der Waals surface area (Å²) >= 11 is 0. The largest absolute Gasteiger partial charge is 0.468 e. The van der Waals surface area contributed by atoms with E-state index in [-0.39, 0.29) is 12.0 Å². The van der Waals surface area contributed by atoms with Crippen molar-refractivity contribution in [1.29, 1.82) is 0 Å². The number of ether oxygens (including phenoxy) is 2. The van der Waals surface area contributed by atoms with E-state index in [1.54, 1.807) is 0 Å². The molecule has 3 aliphatic rings. The number of nitrogens with zero attached hydrogens (tertiary/aromatic N) is 1. The second kappa shape index (κ2) is 5.17. The van der Waals surface area contributed by atoms with Crippen LogP contribution in [0.1, 0.15) is 25.7 Å². The second-order valence-corrected chi connectivity index (χ2v) is 6.04. The summed E-state index contributed by atoms with van der Waals surface area (Å²) in [7, 11) is 1.46. The maximum absolute atomic E-state index is 11.8. The fourth-order valence-corrected chi connectivity index (χ4v) is 4.11. The summed E-state index contributed by atoms with van der Waals surface area (Å²) in [5.41, 5.74) is 0. The van der Waals surface area contributed by atoms with Crippen molar-refractivity contribution < 1.29 is 14.3 Å². The highest BCUT2D eigenvalue weighted by Crippen LogP contribution is 2.48. The van der Waals surface area contributed by atoms with Gasteiger partial charge in [0.1, 0.15) is 6.04 Å². The normalized spacial score (nSPS) is 40.1. The van der Waals surface area contributed by atoms with E-state index >= 15 is 0 Å². The number of fused-ring (bicyclic) bond motifs is 2. The topological polar surface area (TPSA) is 38.8 Å². The molecule has 0 radical (unpaired) electrons. The fourth-order valence-electron chi connectivity index (χ4n) is 4.11. The van der Waals surface area contributed by atoms with Crippen molar-refractivity contribution in [3.63, 3.8) is 0 Å². The molecule has 2 bridgehead atoms. The van der Waals surface area contributed by atoms with E-state index in [4.69, 9.17) is 9.47 Å². The predicted molar refractivity (Wildman–Crippen MR) is 67.1 cm³/mol. The van der Waals surface area contributed by atoms with Crippen LogP contribution in [0.3, 0.4) is 0 Å². The van der Waals surface area contributed by atoms with Gasteiger partial charge >= 0.3 is 5.97 Å². The zero-order chi connectivity index (χ0) is 12.5. The summed E-state index contributed by atoms with van der Waals surface area (Å²) in [4.78, 5) is 14.1. The Hall–Kier alpha value is -0.610. The molecule has 0 amide bonds. The van der Waals surface area contributed by atoms with Crippen LogP contribution in [-0.4, -0.2) is 50.3 Å². The lowest BCUT2D eigenvalue weighted by molar-refractivity contribution is -0.153. The first kappa shape index (κ1) is 12.4. The quantitative estimate of drug-likeness (QED) is 0.711. The Morgan fingerprint density at radius 1 is 1.39 bits per heavy atom. The van der Waals surface area contributed by atoms with Gasteiger partial charge < -0.3 is 9.47 Å². The van der Waals surface area contributed by atoms with Crippen molar-refractivity contribution in [2.45, 2.75) is 31.7 Å². The molecule has 4 unspecified atom stereocenters. The minimum atomic E-state index is -0.178. The van der Waals surface area contributed by atoms with E-state index < -0.39 is 0 Å². The molecular formula is C14H23NO3. The molecule has 3 rings (SSSR count). The van der Waals surface area contributed by atoms with E-state index in [9.17, 15) is 4.79 Å². The third kappa shape index (κ3) is 2.28. The first-order valence-electron chi connectivity index (χ1n) is 7.17. The number of methoxy groups -OCH3 is 1. The van der Waals surface area contributed by atoms with Crippen molar-refractivity contribution in [3.05, 3.63) is 0 Å². The van der Waals surface area contributed by atoms with Gasteiger partial charge in [-0.2, -0.15) is 0 Å². The second-order valence-electron chi connectivity index (χ2n) is 6.04. The van der Waals surface area contributed by atoms with Gasteiger partial charge in [0.2, 0.25) is 0 Å². The van der Waals surface area contributed by atoms with Crippen LogP contribution in [0.2, 0.25) is 0 Å². The molecule has 3 fully saturated rings. The third-order valence-electron chi connectivity index (χ3n) is 5.07. The summed E-state index contributed by atoms with van der Waals surface area (Å²) in [6.07, 6.45) is 5.64. The molecule has 1 aliphatic heterocycles. The Morgan fingerprint density at radius 2 is 2.28 bits per heavy atom. The predicted octanol–water partition coefficient (Wildman–Crippen LogP) is 1.30. The highest BCUT2D eigenvalue weighted by molar-refractivity contribution is 5.75. The number of hydrogen-bond donors (Lipinski definition) is 0. The molecule has 2 saturated carbocycles. The molecule has 4 nitrogen and oxygen atoms in total. The number of carbonyl (C=O) groups is 1. The maximum Gasteiger partial charge on any atom is 0.325 e. The Kier molecular flexibility index (Phi) is 3.57. The molecule has 0 aromatic rings. The van der Waals surface area contributed by atoms with E-state index in [1.165, 1.54) is 32.8 Å². The Balaban J connectivity index is 1.61. The Labute approximate surface area is 109 Å². The molecule has 0 spiro atoms. The van der Waals surface area contributed by atoms with E-state index in [1.807, 2.05) is 0 Å². The lowest BCUT2D eigenvalue weighted by Crippen LogP contribution is -2.52.